The van der Waals surface area contributed by atoms with Gasteiger partial charge in [-0.25, -0.2) is 4.39 Å². The van der Waals surface area contributed by atoms with Crippen LogP contribution < -0.4 is 0 Å². The number of rotatable bonds is 4. The van der Waals surface area contributed by atoms with Crippen molar-refractivity contribution in [3.8, 4) is 0 Å². The van der Waals surface area contributed by atoms with E-state index in [0.717, 1.165) is 0 Å². The van der Waals surface area contributed by atoms with Gasteiger partial charge in [0.25, 0.3) is 0 Å². The first kappa shape index (κ1) is 11.8. The Morgan fingerprint density at radius 1 is 1.53 bits per heavy atom. The highest BCUT2D eigenvalue weighted by atomic mass is 32.2. The van der Waals surface area contributed by atoms with Crippen LogP contribution in [0.5, 0.6) is 0 Å². The molecule has 1 rings (SSSR count). The zero-order chi connectivity index (χ0) is 11.4. The summed E-state index contributed by atoms with van der Waals surface area (Å²) in [6.45, 7) is 1.61. The molecule has 1 N–H and O–H groups in total. The van der Waals surface area contributed by atoms with Crippen LogP contribution in [-0.2, 0) is 15.6 Å². The smallest absolute Gasteiger partial charge is 0.319 e. The lowest BCUT2D eigenvalue weighted by molar-refractivity contribution is -0.136. The third-order valence-electron chi connectivity index (χ3n) is 1.96. The monoisotopic (exact) mass is 230 g/mol. The second-order valence-electron chi connectivity index (χ2n) is 2.96. The fourth-order valence-electron chi connectivity index (χ4n) is 1.18. The van der Waals surface area contributed by atoms with Gasteiger partial charge in [0.1, 0.15) is 11.1 Å². The zero-order valence-electron chi connectivity index (χ0n) is 8.14. The minimum Gasteiger partial charge on any atom is -0.480 e. The molecule has 0 aromatic heterocycles. The van der Waals surface area contributed by atoms with Gasteiger partial charge in [-0.1, -0.05) is 19.1 Å². The molecule has 0 aliphatic rings. The van der Waals surface area contributed by atoms with Crippen LogP contribution in [0.4, 0.5) is 4.39 Å². The Bertz CT molecular complexity index is 392. The number of aliphatic carboxylic acids is 1. The van der Waals surface area contributed by atoms with E-state index in [4.69, 9.17) is 5.11 Å². The second-order valence-corrected chi connectivity index (χ2v) is 4.57. The summed E-state index contributed by atoms with van der Waals surface area (Å²) in [5, 5.41) is 7.73. The van der Waals surface area contributed by atoms with Crippen molar-refractivity contribution in [3.63, 3.8) is 0 Å². The number of halogens is 1. The lowest BCUT2D eigenvalue weighted by Crippen LogP contribution is -2.25. The van der Waals surface area contributed by atoms with E-state index in [1.54, 1.807) is 6.92 Å². The van der Waals surface area contributed by atoms with Gasteiger partial charge in [-0.15, -0.1) is 0 Å². The summed E-state index contributed by atoms with van der Waals surface area (Å²) in [7, 11) is -1.84. The van der Waals surface area contributed by atoms with Gasteiger partial charge in [-0.3, -0.25) is 9.00 Å². The highest BCUT2D eigenvalue weighted by Gasteiger charge is 2.25. The first-order valence-electron chi connectivity index (χ1n) is 4.45. The number of hydrogen-bond acceptors (Lipinski definition) is 2. The van der Waals surface area contributed by atoms with Crippen molar-refractivity contribution in [3.05, 3.63) is 30.1 Å². The molecule has 3 nitrogen and oxygen atoms in total. The normalized spacial score (nSPS) is 14.5. The molecule has 82 valence electrons. The van der Waals surface area contributed by atoms with E-state index in [1.165, 1.54) is 24.3 Å². The van der Waals surface area contributed by atoms with Crippen LogP contribution in [0.25, 0.3) is 0 Å². The molecule has 0 amide bonds. The Kier molecular flexibility index (Phi) is 3.96. The highest BCUT2D eigenvalue weighted by Crippen LogP contribution is 2.17. The molecule has 1 aromatic rings. The van der Waals surface area contributed by atoms with E-state index < -0.39 is 27.8 Å². The van der Waals surface area contributed by atoms with Gasteiger partial charge in [-0.05, 0) is 18.6 Å². The van der Waals surface area contributed by atoms with Crippen LogP contribution in [0, 0.1) is 5.82 Å². The van der Waals surface area contributed by atoms with Crippen LogP contribution >= 0.6 is 0 Å². The molecule has 0 fully saturated rings. The second kappa shape index (κ2) is 5.02. The SMILES string of the molecule is CCC(C(=O)O)S(=O)c1ccccc1F. The summed E-state index contributed by atoms with van der Waals surface area (Å²) in [5.74, 6) is -1.80. The minimum absolute atomic E-state index is 0.0493. The summed E-state index contributed by atoms with van der Waals surface area (Å²) < 4.78 is 24.9. The number of carbonyl (C=O) groups is 1. The molecule has 0 heterocycles. The van der Waals surface area contributed by atoms with Crippen LogP contribution in [0.15, 0.2) is 29.2 Å². The molecule has 15 heavy (non-hydrogen) atoms. The van der Waals surface area contributed by atoms with E-state index in [2.05, 4.69) is 0 Å². The van der Waals surface area contributed by atoms with E-state index >= 15 is 0 Å². The molecule has 0 radical (unpaired) electrons. The van der Waals surface area contributed by atoms with Gasteiger partial charge in [0.15, 0.2) is 0 Å². The summed E-state index contributed by atoms with van der Waals surface area (Å²) in [4.78, 5) is 10.7. The predicted molar refractivity (Wildman–Crippen MR) is 54.5 cm³/mol. The Morgan fingerprint density at radius 2 is 2.13 bits per heavy atom. The van der Waals surface area contributed by atoms with Crippen molar-refractivity contribution in [2.45, 2.75) is 23.5 Å². The fraction of sp³-hybridized carbons (Fsp3) is 0.300. The number of benzene rings is 1. The molecular weight excluding hydrogens is 219 g/mol. The molecule has 1 aromatic carbocycles. The van der Waals surface area contributed by atoms with Crippen LogP contribution in [0.1, 0.15) is 13.3 Å². The zero-order valence-corrected chi connectivity index (χ0v) is 8.96. The highest BCUT2D eigenvalue weighted by molar-refractivity contribution is 7.86. The molecule has 0 saturated carbocycles. The molecular formula is C10H11FO3S. The van der Waals surface area contributed by atoms with Gasteiger partial charge in [0.2, 0.25) is 0 Å². The van der Waals surface area contributed by atoms with Crippen molar-refractivity contribution in [2.24, 2.45) is 0 Å². The Labute approximate surface area is 89.4 Å². The summed E-state index contributed by atoms with van der Waals surface area (Å²) in [6, 6.07) is 5.52. The number of carboxylic acid groups (broad SMARTS) is 1. The van der Waals surface area contributed by atoms with Crippen molar-refractivity contribution in [2.75, 3.05) is 0 Å². The van der Waals surface area contributed by atoms with Gasteiger partial charge in [0.05, 0.1) is 15.7 Å². The largest absolute Gasteiger partial charge is 0.480 e. The third kappa shape index (κ3) is 2.62. The molecule has 0 aliphatic carbocycles. The standard InChI is InChI=1S/C10H11FO3S/c1-2-8(10(12)13)15(14)9-6-4-3-5-7(9)11/h3-6,8H,2H2,1H3,(H,12,13). The van der Waals surface area contributed by atoms with Crippen molar-refractivity contribution >= 4 is 16.8 Å². The lowest BCUT2D eigenvalue weighted by atomic mass is 10.3. The summed E-state index contributed by atoms with van der Waals surface area (Å²) >= 11 is 0. The average molecular weight is 230 g/mol. The van der Waals surface area contributed by atoms with E-state index in [-0.39, 0.29) is 11.3 Å². The topological polar surface area (TPSA) is 54.4 Å². The Morgan fingerprint density at radius 3 is 2.60 bits per heavy atom. The van der Waals surface area contributed by atoms with E-state index in [1.807, 2.05) is 0 Å². The minimum atomic E-state index is -1.84. The molecule has 0 saturated heterocycles. The maximum absolute atomic E-state index is 13.2. The van der Waals surface area contributed by atoms with Crippen LogP contribution in [0.3, 0.4) is 0 Å². The van der Waals surface area contributed by atoms with Gasteiger partial charge in [-0.2, -0.15) is 0 Å². The molecule has 0 bridgehead atoms. The maximum Gasteiger partial charge on any atom is 0.319 e. The van der Waals surface area contributed by atoms with Crippen molar-refractivity contribution in [1.29, 1.82) is 0 Å². The van der Waals surface area contributed by atoms with Gasteiger partial charge in [0, 0.05) is 0 Å². The average Bonchev–Trinajstić information content (AvgIpc) is 2.18. The van der Waals surface area contributed by atoms with Crippen LogP contribution in [-0.4, -0.2) is 20.5 Å². The molecule has 2 atom stereocenters. The molecule has 0 aliphatic heterocycles. The van der Waals surface area contributed by atoms with E-state index in [0.29, 0.717) is 0 Å². The fourth-order valence-corrected chi connectivity index (χ4v) is 2.44. The number of hydrogen-bond donors (Lipinski definition) is 1. The predicted octanol–water partition coefficient (Wildman–Crippen LogP) is 1.80. The Hall–Kier alpha value is -1.23. The van der Waals surface area contributed by atoms with Crippen LogP contribution in [0.2, 0.25) is 0 Å². The summed E-state index contributed by atoms with van der Waals surface area (Å²) in [6.07, 6.45) is 0.205. The van der Waals surface area contributed by atoms with Gasteiger partial charge < -0.3 is 5.11 Å². The van der Waals surface area contributed by atoms with Crippen molar-refractivity contribution < 1.29 is 18.5 Å². The van der Waals surface area contributed by atoms with Crippen molar-refractivity contribution in [1.82, 2.24) is 0 Å². The van der Waals surface area contributed by atoms with E-state index in [9.17, 15) is 13.4 Å². The maximum atomic E-state index is 13.2. The lowest BCUT2D eigenvalue weighted by Gasteiger charge is -2.09. The number of carboxylic acids is 1. The molecule has 2 unspecified atom stereocenters. The first-order chi connectivity index (χ1) is 7.07. The Balaban J connectivity index is 3.03. The first-order valence-corrected chi connectivity index (χ1v) is 5.67. The molecule has 0 spiro atoms. The third-order valence-corrected chi connectivity index (χ3v) is 3.77. The quantitative estimate of drug-likeness (QED) is 0.858. The van der Waals surface area contributed by atoms with Gasteiger partial charge >= 0.3 is 5.97 Å². The molecule has 5 heteroatoms. The summed E-state index contributed by atoms with van der Waals surface area (Å²) in [5.41, 5.74) is 0.